The van der Waals surface area contributed by atoms with E-state index in [-0.39, 0.29) is 5.76 Å². The fraction of sp³-hybridized carbons (Fsp3) is 0.0909. The van der Waals surface area contributed by atoms with Crippen molar-refractivity contribution in [2.24, 2.45) is 0 Å². The highest BCUT2D eigenvalue weighted by Gasteiger charge is 2.14. The van der Waals surface area contributed by atoms with Crippen LogP contribution in [0.15, 0.2) is 84.6 Å². The average Bonchev–Trinajstić information content (AvgIpc) is 2.95. The fourth-order valence-corrected chi connectivity index (χ4v) is 3.35. The second-order valence-corrected chi connectivity index (χ2v) is 6.22. The number of hydrogen-bond donors (Lipinski definition) is 2. The number of nitrogens with zero attached hydrogens (tertiary/aromatic N) is 1. The van der Waals surface area contributed by atoms with Crippen molar-refractivity contribution >= 4 is 21.8 Å². The molecule has 1 heterocycles. The van der Waals surface area contributed by atoms with Gasteiger partial charge in [0.05, 0.1) is 16.8 Å². The number of aliphatic hydroxyl groups excluding tert-OH is 2. The van der Waals surface area contributed by atoms with Crippen LogP contribution in [0.5, 0.6) is 0 Å². The summed E-state index contributed by atoms with van der Waals surface area (Å²) in [6.07, 6.45) is 0.616. The van der Waals surface area contributed by atoms with Crippen LogP contribution in [-0.4, -0.2) is 14.8 Å². The Balaban J connectivity index is 2.02. The SMILES string of the molecule is CC(O)=CC(O)c1ccc2c(c1)c1ccccc1n2-c1ccccc1. The molecule has 1 atom stereocenters. The van der Waals surface area contributed by atoms with Gasteiger partial charge in [-0.15, -0.1) is 0 Å². The normalized spacial score (nSPS) is 13.4. The van der Waals surface area contributed by atoms with Gasteiger partial charge in [-0.2, -0.15) is 0 Å². The van der Waals surface area contributed by atoms with Crippen LogP contribution in [0.2, 0.25) is 0 Å². The second kappa shape index (κ2) is 6.11. The van der Waals surface area contributed by atoms with Crippen molar-refractivity contribution in [2.75, 3.05) is 0 Å². The van der Waals surface area contributed by atoms with Gasteiger partial charge in [0, 0.05) is 16.5 Å². The maximum absolute atomic E-state index is 10.3. The van der Waals surface area contributed by atoms with Crippen LogP contribution >= 0.6 is 0 Å². The Labute approximate surface area is 146 Å². The molecule has 0 fully saturated rings. The molecular weight excluding hydrogens is 310 g/mol. The topological polar surface area (TPSA) is 45.4 Å². The summed E-state index contributed by atoms with van der Waals surface area (Å²) < 4.78 is 2.23. The Morgan fingerprint density at radius 2 is 1.56 bits per heavy atom. The molecular formula is C22H19NO2. The van der Waals surface area contributed by atoms with Gasteiger partial charge in [-0.3, -0.25) is 0 Å². The monoisotopic (exact) mass is 329 g/mol. The molecule has 1 unspecified atom stereocenters. The van der Waals surface area contributed by atoms with Gasteiger partial charge in [0.1, 0.15) is 6.10 Å². The van der Waals surface area contributed by atoms with Crippen LogP contribution < -0.4 is 0 Å². The van der Waals surface area contributed by atoms with Gasteiger partial charge >= 0.3 is 0 Å². The summed E-state index contributed by atoms with van der Waals surface area (Å²) in [4.78, 5) is 0. The van der Waals surface area contributed by atoms with E-state index in [9.17, 15) is 10.2 Å². The van der Waals surface area contributed by atoms with Crippen LogP contribution in [0.4, 0.5) is 0 Å². The lowest BCUT2D eigenvalue weighted by atomic mass is 10.0. The number of para-hydroxylation sites is 2. The Morgan fingerprint density at radius 3 is 2.32 bits per heavy atom. The summed E-state index contributed by atoms with van der Waals surface area (Å²) in [5, 5.41) is 21.9. The molecule has 3 heteroatoms. The van der Waals surface area contributed by atoms with E-state index in [2.05, 4.69) is 28.8 Å². The second-order valence-electron chi connectivity index (χ2n) is 6.22. The predicted octanol–water partition coefficient (Wildman–Crippen LogP) is 5.28. The smallest absolute Gasteiger partial charge is 0.101 e. The van der Waals surface area contributed by atoms with Crippen LogP contribution in [0.1, 0.15) is 18.6 Å². The summed E-state index contributed by atoms with van der Waals surface area (Å²) in [5.41, 5.74) is 4.09. The van der Waals surface area contributed by atoms with Crippen molar-refractivity contribution in [3.8, 4) is 5.69 Å². The average molecular weight is 329 g/mol. The van der Waals surface area contributed by atoms with Crippen molar-refractivity contribution in [1.82, 2.24) is 4.57 Å². The maximum Gasteiger partial charge on any atom is 0.101 e. The van der Waals surface area contributed by atoms with Crippen molar-refractivity contribution < 1.29 is 10.2 Å². The summed E-state index contributed by atoms with van der Waals surface area (Å²) in [5.74, 6) is 0.110. The van der Waals surface area contributed by atoms with E-state index in [4.69, 9.17) is 0 Å². The van der Waals surface area contributed by atoms with E-state index < -0.39 is 6.10 Å². The molecule has 0 radical (unpaired) electrons. The van der Waals surface area contributed by atoms with Crippen molar-refractivity contribution in [3.05, 3.63) is 90.2 Å². The van der Waals surface area contributed by atoms with E-state index in [0.29, 0.717) is 0 Å². The number of hydrogen-bond acceptors (Lipinski definition) is 2. The number of aliphatic hydroxyl groups is 2. The molecule has 0 aliphatic heterocycles. The minimum absolute atomic E-state index is 0.110. The first kappa shape index (κ1) is 15.5. The quantitative estimate of drug-likeness (QED) is 0.502. The molecule has 4 aromatic rings. The van der Waals surface area contributed by atoms with Gasteiger partial charge in [-0.1, -0.05) is 42.5 Å². The lowest BCUT2D eigenvalue weighted by Crippen LogP contribution is -1.96. The third-order valence-corrected chi connectivity index (χ3v) is 4.45. The molecule has 0 saturated carbocycles. The Hall–Kier alpha value is -3.04. The first-order valence-electron chi connectivity index (χ1n) is 8.29. The largest absolute Gasteiger partial charge is 0.513 e. The number of aromatic nitrogens is 1. The lowest BCUT2D eigenvalue weighted by Gasteiger charge is -2.09. The first-order valence-corrected chi connectivity index (χ1v) is 8.29. The minimum atomic E-state index is -0.826. The minimum Gasteiger partial charge on any atom is -0.513 e. The number of allylic oxidation sites excluding steroid dienone is 1. The summed E-state index contributed by atoms with van der Waals surface area (Å²) in [7, 11) is 0. The van der Waals surface area contributed by atoms with Crippen molar-refractivity contribution in [1.29, 1.82) is 0 Å². The van der Waals surface area contributed by atoms with Gasteiger partial charge < -0.3 is 14.8 Å². The molecule has 0 spiro atoms. The molecule has 0 bridgehead atoms. The van der Waals surface area contributed by atoms with E-state index in [1.165, 1.54) is 6.08 Å². The molecule has 0 aliphatic carbocycles. The van der Waals surface area contributed by atoms with E-state index >= 15 is 0 Å². The zero-order valence-electron chi connectivity index (χ0n) is 13.9. The van der Waals surface area contributed by atoms with Gasteiger partial charge in [-0.25, -0.2) is 0 Å². The lowest BCUT2D eigenvalue weighted by molar-refractivity contribution is 0.222. The van der Waals surface area contributed by atoms with Crippen LogP contribution in [-0.2, 0) is 0 Å². The Morgan fingerprint density at radius 1 is 0.880 bits per heavy atom. The molecule has 2 N–H and O–H groups in total. The summed E-state index contributed by atoms with van der Waals surface area (Å²) in [6, 6.07) is 24.5. The zero-order chi connectivity index (χ0) is 17.4. The van der Waals surface area contributed by atoms with Crippen molar-refractivity contribution in [2.45, 2.75) is 13.0 Å². The standard InChI is InChI=1S/C22H19NO2/c1-15(24)13-22(25)16-11-12-21-19(14-16)18-9-5-6-10-20(18)23(21)17-7-3-2-4-8-17/h2-14,22,24-25H,1H3. The highest BCUT2D eigenvalue weighted by molar-refractivity contribution is 6.09. The molecule has 3 nitrogen and oxygen atoms in total. The van der Waals surface area contributed by atoms with E-state index in [1.54, 1.807) is 6.92 Å². The van der Waals surface area contributed by atoms with Gasteiger partial charge in [0.15, 0.2) is 0 Å². The highest BCUT2D eigenvalue weighted by atomic mass is 16.3. The maximum atomic E-state index is 10.3. The zero-order valence-corrected chi connectivity index (χ0v) is 13.9. The Kier molecular flexibility index (Phi) is 3.79. The van der Waals surface area contributed by atoms with E-state index in [1.807, 2.05) is 48.5 Å². The molecule has 3 aromatic carbocycles. The van der Waals surface area contributed by atoms with Gasteiger partial charge in [0.2, 0.25) is 0 Å². The molecule has 124 valence electrons. The first-order chi connectivity index (χ1) is 12.1. The third kappa shape index (κ3) is 2.69. The van der Waals surface area contributed by atoms with Gasteiger partial charge in [-0.05, 0) is 48.9 Å². The van der Waals surface area contributed by atoms with Crippen LogP contribution in [0.3, 0.4) is 0 Å². The number of rotatable bonds is 3. The third-order valence-electron chi connectivity index (χ3n) is 4.45. The van der Waals surface area contributed by atoms with Crippen molar-refractivity contribution in [3.63, 3.8) is 0 Å². The van der Waals surface area contributed by atoms with Crippen LogP contribution in [0.25, 0.3) is 27.5 Å². The molecule has 0 saturated heterocycles. The summed E-state index contributed by atoms with van der Waals surface area (Å²) in [6.45, 7) is 1.56. The van der Waals surface area contributed by atoms with Gasteiger partial charge in [0.25, 0.3) is 0 Å². The highest BCUT2D eigenvalue weighted by Crippen LogP contribution is 2.33. The Bertz CT molecular complexity index is 1070. The molecule has 1 aromatic heterocycles. The molecule has 25 heavy (non-hydrogen) atoms. The fourth-order valence-electron chi connectivity index (χ4n) is 3.35. The molecule has 4 rings (SSSR count). The van der Waals surface area contributed by atoms with Crippen LogP contribution in [0, 0.1) is 0 Å². The molecule has 0 aliphatic rings. The number of benzene rings is 3. The predicted molar refractivity (Wildman–Crippen MR) is 102 cm³/mol. The van der Waals surface area contributed by atoms with E-state index in [0.717, 1.165) is 33.1 Å². The number of fused-ring (bicyclic) bond motifs is 3. The molecule has 0 amide bonds. The summed E-state index contributed by atoms with van der Waals surface area (Å²) >= 11 is 0.